The van der Waals surface area contributed by atoms with Crippen LogP contribution < -0.4 is 10.1 Å². The molecule has 0 aliphatic rings. The third-order valence-electron chi connectivity index (χ3n) is 2.84. The second-order valence-electron chi connectivity index (χ2n) is 4.84. The van der Waals surface area contributed by atoms with E-state index in [0.717, 1.165) is 0 Å². The highest BCUT2D eigenvalue weighted by Gasteiger charge is 2.10. The molecule has 0 aliphatic heterocycles. The molecular formula is C14H16N4O4. The van der Waals surface area contributed by atoms with E-state index in [2.05, 4.69) is 10.4 Å². The molecule has 0 radical (unpaired) electrons. The molecule has 1 heterocycles. The molecule has 1 N–H and O–H groups in total. The summed E-state index contributed by atoms with van der Waals surface area (Å²) in [7, 11) is 0. The largest absolute Gasteiger partial charge is 0.484 e. The van der Waals surface area contributed by atoms with E-state index in [1.807, 2.05) is 13.8 Å². The summed E-state index contributed by atoms with van der Waals surface area (Å²) in [5.41, 5.74) is -0.0300. The Morgan fingerprint density at radius 1 is 1.36 bits per heavy atom. The van der Waals surface area contributed by atoms with E-state index in [9.17, 15) is 14.9 Å². The number of nitro groups is 1. The van der Waals surface area contributed by atoms with Crippen LogP contribution in [-0.4, -0.2) is 27.2 Å². The predicted octanol–water partition coefficient (Wildman–Crippen LogP) is 2.39. The number of non-ortho nitro benzene ring substituents is 1. The zero-order valence-electron chi connectivity index (χ0n) is 12.2. The number of nitrogens with zero attached hydrogens (tertiary/aromatic N) is 3. The molecule has 0 unspecified atom stereocenters. The van der Waals surface area contributed by atoms with Crippen LogP contribution in [0.25, 0.3) is 0 Å². The van der Waals surface area contributed by atoms with Gasteiger partial charge in [-0.05, 0) is 26.0 Å². The van der Waals surface area contributed by atoms with Crippen molar-refractivity contribution >= 4 is 17.4 Å². The van der Waals surface area contributed by atoms with Crippen LogP contribution in [-0.2, 0) is 4.79 Å². The fourth-order valence-corrected chi connectivity index (χ4v) is 1.82. The summed E-state index contributed by atoms with van der Waals surface area (Å²) < 4.78 is 6.97. The standard InChI is InChI=1S/C14H16N4O4/c1-10(2)17-13(7-8-15-17)16-14(19)9-22-12-5-3-11(4-6-12)18(20)21/h3-8,10H,9H2,1-2H3,(H,16,19). The molecule has 22 heavy (non-hydrogen) atoms. The first-order valence-corrected chi connectivity index (χ1v) is 6.68. The number of rotatable bonds is 6. The third-order valence-corrected chi connectivity index (χ3v) is 2.84. The van der Waals surface area contributed by atoms with Crippen molar-refractivity contribution in [1.29, 1.82) is 0 Å². The summed E-state index contributed by atoms with van der Waals surface area (Å²) in [5, 5.41) is 17.3. The maximum atomic E-state index is 11.8. The van der Waals surface area contributed by atoms with Crippen molar-refractivity contribution in [1.82, 2.24) is 9.78 Å². The highest BCUT2D eigenvalue weighted by Crippen LogP contribution is 2.17. The Kier molecular flexibility index (Phi) is 4.72. The molecule has 1 amide bonds. The first-order valence-electron chi connectivity index (χ1n) is 6.68. The van der Waals surface area contributed by atoms with Gasteiger partial charge in [-0.15, -0.1) is 0 Å². The number of carbonyl (C=O) groups is 1. The van der Waals surface area contributed by atoms with Crippen molar-refractivity contribution in [3.05, 3.63) is 46.6 Å². The Hall–Kier alpha value is -2.90. The lowest BCUT2D eigenvalue weighted by molar-refractivity contribution is -0.384. The molecule has 0 aliphatic carbocycles. The van der Waals surface area contributed by atoms with E-state index in [4.69, 9.17) is 4.74 Å². The smallest absolute Gasteiger partial charge is 0.269 e. The van der Waals surface area contributed by atoms with E-state index in [1.165, 1.54) is 24.3 Å². The molecule has 8 heteroatoms. The minimum Gasteiger partial charge on any atom is -0.484 e. The molecule has 0 saturated carbocycles. The van der Waals surface area contributed by atoms with Crippen LogP contribution in [0.5, 0.6) is 5.75 Å². The average Bonchev–Trinajstić information content (AvgIpc) is 2.94. The fraction of sp³-hybridized carbons (Fsp3) is 0.286. The van der Waals surface area contributed by atoms with Gasteiger partial charge in [0.15, 0.2) is 6.61 Å². The van der Waals surface area contributed by atoms with Crippen LogP contribution in [0.4, 0.5) is 11.5 Å². The van der Waals surface area contributed by atoms with Crippen molar-refractivity contribution < 1.29 is 14.5 Å². The highest BCUT2D eigenvalue weighted by molar-refractivity contribution is 5.91. The number of hydrogen-bond acceptors (Lipinski definition) is 5. The molecule has 0 saturated heterocycles. The predicted molar refractivity (Wildman–Crippen MR) is 79.8 cm³/mol. The number of hydrogen-bond donors (Lipinski definition) is 1. The molecule has 8 nitrogen and oxygen atoms in total. The molecule has 0 atom stereocenters. The minimum atomic E-state index is -0.496. The van der Waals surface area contributed by atoms with Crippen LogP contribution in [0.2, 0.25) is 0 Å². The molecule has 1 aromatic carbocycles. The van der Waals surface area contributed by atoms with Crippen LogP contribution in [0.1, 0.15) is 19.9 Å². The molecule has 0 bridgehead atoms. The van der Waals surface area contributed by atoms with Crippen LogP contribution >= 0.6 is 0 Å². The van der Waals surface area contributed by atoms with Gasteiger partial charge in [-0.1, -0.05) is 0 Å². The Morgan fingerprint density at radius 2 is 2.05 bits per heavy atom. The number of ether oxygens (including phenoxy) is 1. The molecule has 0 spiro atoms. The lowest BCUT2D eigenvalue weighted by atomic mass is 10.3. The van der Waals surface area contributed by atoms with E-state index in [0.29, 0.717) is 11.6 Å². The molecule has 2 aromatic rings. The van der Waals surface area contributed by atoms with Crippen LogP contribution in [0.3, 0.4) is 0 Å². The summed E-state index contributed by atoms with van der Waals surface area (Å²) >= 11 is 0. The quantitative estimate of drug-likeness (QED) is 0.652. The number of carbonyl (C=O) groups excluding carboxylic acids is 1. The van der Waals surface area contributed by atoms with Gasteiger partial charge in [-0.3, -0.25) is 14.9 Å². The van der Waals surface area contributed by atoms with Crippen LogP contribution in [0.15, 0.2) is 36.5 Å². The fourth-order valence-electron chi connectivity index (χ4n) is 1.82. The van der Waals surface area contributed by atoms with Crippen LogP contribution in [0, 0.1) is 10.1 Å². The first kappa shape index (κ1) is 15.5. The Morgan fingerprint density at radius 3 is 2.64 bits per heavy atom. The van der Waals surface area contributed by atoms with Gasteiger partial charge in [0.1, 0.15) is 11.6 Å². The third kappa shape index (κ3) is 3.81. The lowest BCUT2D eigenvalue weighted by Gasteiger charge is -2.12. The van der Waals surface area contributed by atoms with E-state index in [-0.39, 0.29) is 24.2 Å². The summed E-state index contributed by atoms with van der Waals surface area (Å²) in [6.07, 6.45) is 1.60. The van der Waals surface area contributed by atoms with Gasteiger partial charge in [0.05, 0.1) is 11.1 Å². The zero-order chi connectivity index (χ0) is 16.1. The number of anilines is 1. The van der Waals surface area contributed by atoms with Gasteiger partial charge in [0.2, 0.25) is 0 Å². The topological polar surface area (TPSA) is 99.3 Å². The Balaban J connectivity index is 1.90. The van der Waals surface area contributed by atoms with Gasteiger partial charge in [0, 0.05) is 24.2 Å². The van der Waals surface area contributed by atoms with Gasteiger partial charge in [-0.25, -0.2) is 4.68 Å². The van der Waals surface area contributed by atoms with Crippen molar-refractivity contribution in [2.24, 2.45) is 0 Å². The van der Waals surface area contributed by atoms with Crippen molar-refractivity contribution in [3.63, 3.8) is 0 Å². The summed E-state index contributed by atoms with van der Waals surface area (Å²) in [6.45, 7) is 3.72. The van der Waals surface area contributed by atoms with E-state index >= 15 is 0 Å². The number of nitro benzene ring substituents is 1. The van der Waals surface area contributed by atoms with Crippen molar-refractivity contribution in [2.45, 2.75) is 19.9 Å². The van der Waals surface area contributed by atoms with Gasteiger partial charge in [-0.2, -0.15) is 5.10 Å². The Bertz CT molecular complexity index is 664. The lowest BCUT2D eigenvalue weighted by Crippen LogP contribution is -2.22. The number of benzene rings is 1. The normalized spacial score (nSPS) is 10.5. The van der Waals surface area contributed by atoms with Crippen molar-refractivity contribution in [2.75, 3.05) is 11.9 Å². The SMILES string of the molecule is CC(C)n1nccc1NC(=O)COc1ccc([N+](=O)[O-])cc1. The highest BCUT2D eigenvalue weighted by atomic mass is 16.6. The zero-order valence-corrected chi connectivity index (χ0v) is 12.2. The summed E-state index contributed by atoms with van der Waals surface area (Å²) in [6, 6.07) is 7.36. The van der Waals surface area contributed by atoms with E-state index in [1.54, 1.807) is 16.9 Å². The molecule has 2 rings (SSSR count). The van der Waals surface area contributed by atoms with Crippen molar-refractivity contribution in [3.8, 4) is 5.75 Å². The molecular weight excluding hydrogens is 288 g/mol. The monoisotopic (exact) mass is 304 g/mol. The maximum Gasteiger partial charge on any atom is 0.269 e. The number of nitrogens with one attached hydrogen (secondary N) is 1. The second kappa shape index (κ2) is 6.70. The molecule has 0 fully saturated rings. The minimum absolute atomic E-state index is 0.0300. The number of aromatic nitrogens is 2. The Labute approximate surface area is 126 Å². The first-order chi connectivity index (χ1) is 10.5. The number of amides is 1. The maximum absolute atomic E-state index is 11.8. The molecule has 116 valence electrons. The second-order valence-corrected chi connectivity index (χ2v) is 4.84. The molecule has 1 aromatic heterocycles. The van der Waals surface area contributed by atoms with Gasteiger partial charge >= 0.3 is 0 Å². The summed E-state index contributed by atoms with van der Waals surface area (Å²) in [5.74, 6) is 0.645. The van der Waals surface area contributed by atoms with Gasteiger partial charge in [0.25, 0.3) is 11.6 Å². The van der Waals surface area contributed by atoms with E-state index < -0.39 is 4.92 Å². The average molecular weight is 304 g/mol. The summed E-state index contributed by atoms with van der Waals surface area (Å²) in [4.78, 5) is 21.9. The van der Waals surface area contributed by atoms with Gasteiger partial charge < -0.3 is 10.1 Å².